The van der Waals surface area contributed by atoms with Crippen molar-refractivity contribution in [3.8, 4) is 0 Å². The normalized spacial score (nSPS) is 57.1. The zero-order valence-electron chi connectivity index (χ0n) is 7.78. The third-order valence-corrected chi connectivity index (χ3v) is 6.83. The monoisotopic (exact) mass is 338 g/mol. The number of hydrogen-bond acceptors (Lipinski definition) is 4. The first-order valence-corrected chi connectivity index (χ1v) is 6.51. The van der Waals surface area contributed by atoms with E-state index in [2.05, 4.69) is 36.6 Å². The lowest BCUT2D eigenvalue weighted by Gasteiger charge is -2.31. The van der Waals surface area contributed by atoms with Crippen molar-refractivity contribution in [2.75, 3.05) is 0 Å². The highest BCUT2D eigenvalue weighted by molar-refractivity contribution is 9.12. The van der Waals surface area contributed by atoms with E-state index in [4.69, 9.17) is 4.74 Å². The van der Waals surface area contributed by atoms with Crippen LogP contribution in [-0.4, -0.2) is 33.3 Å². The Bertz CT molecular complexity index is 371. The molecule has 2 bridgehead atoms. The van der Waals surface area contributed by atoms with Gasteiger partial charge in [-0.05, 0) is 6.92 Å². The first-order valence-electron chi connectivity index (χ1n) is 4.68. The van der Waals surface area contributed by atoms with Gasteiger partial charge in [-0.15, -0.1) is 0 Å². The fraction of sp³-hybridized carbons (Fsp3) is 0.778. The Hall–Kier alpha value is 0.0600. The molecule has 15 heavy (non-hydrogen) atoms. The largest absolute Gasteiger partial charge is 0.393 e. The van der Waals surface area contributed by atoms with Crippen molar-refractivity contribution >= 4 is 43.8 Å². The third-order valence-electron chi connectivity index (χ3n) is 3.59. The molecule has 0 saturated carbocycles. The lowest BCUT2D eigenvalue weighted by molar-refractivity contribution is -0.158. The molecule has 0 aromatic carbocycles. The fourth-order valence-corrected chi connectivity index (χ4v) is 4.50. The predicted octanol–water partition coefficient (Wildman–Crippen LogP) is 1.00. The number of cyclic esters (lactones) is 2. The summed E-state index contributed by atoms with van der Waals surface area (Å²) in [4.78, 5) is 23.1. The highest BCUT2D eigenvalue weighted by Gasteiger charge is 2.73. The van der Waals surface area contributed by atoms with Gasteiger partial charge in [-0.2, -0.15) is 0 Å². The van der Waals surface area contributed by atoms with Crippen LogP contribution in [0.5, 0.6) is 0 Å². The summed E-state index contributed by atoms with van der Waals surface area (Å²) in [6, 6.07) is 0. The molecule has 0 N–H and O–H groups in total. The molecular formula is C9H8Br2O4. The zero-order valence-corrected chi connectivity index (χ0v) is 10.9. The van der Waals surface area contributed by atoms with Crippen molar-refractivity contribution in [1.82, 2.24) is 0 Å². The van der Waals surface area contributed by atoms with Gasteiger partial charge >= 0.3 is 11.9 Å². The summed E-state index contributed by atoms with van der Waals surface area (Å²) in [5.74, 6) is -1.77. The van der Waals surface area contributed by atoms with Crippen LogP contribution in [0.3, 0.4) is 0 Å². The number of carbonyl (C=O) groups excluding carboxylic acids is 2. The summed E-state index contributed by atoms with van der Waals surface area (Å²) in [6.45, 7) is 1.85. The van der Waals surface area contributed by atoms with E-state index in [0.717, 1.165) is 0 Å². The molecule has 0 aliphatic carbocycles. The van der Waals surface area contributed by atoms with Gasteiger partial charge in [-0.3, -0.25) is 9.59 Å². The van der Waals surface area contributed by atoms with Gasteiger partial charge in [-0.1, -0.05) is 31.9 Å². The van der Waals surface area contributed by atoms with Gasteiger partial charge in [0.2, 0.25) is 0 Å². The molecule has 3 aliphatic rings. The second kappa shape index (κ2) is 2.84. The molecule has 0 amide bonds. The maximum absolute atomic E-state index is 11.6. The summed E-state index contributed by atoms with van der Waals surface area (Å²) in [5, 5.41) is 0. The quantitative estimate of drug-likeness (QED) is 0.375. The third kappa shape index (κ3) is 1.01. The minimum absolute atomic E-state index is 0.0229. The number of alkyl halides is 2. The van der Waals surface area contributed by atoms with Gasteiger partial charge in [-0.25, -0.2) is 0 Å². The van der Waals surface area contributed by atoms with Crippen LogP contribution < -0.4 is 0 Å². The second-order valence-corrected chi connectivity index (χ2v) is 6.40. The summed E-state index contributed by atoms with van der Waals surface area (Å²) in [5.41, 5.74) is -0.632. The molecule has 0 aromatic heterocycles. The summed E-state index contributed by atoms with van der Waals surface area (Å²) < 4.78 is 10.4. The average molecular weight is 340 g/mol. The van der Waals surface area contributed by atoms with Gasteiger partial charge in [0.1, 0.15) is 11.8 Å². The van der Waals surface area contributed by atoms with Gasteiger partial charge in [0, 0.05) is 0 Å². The van der Waals surface area contributed by atoms with E-state index in [1.165, 1.54) is 0 Å². The number of rotatable bonds is 0. The summed E-state index contributed by atoms with van der Waals surface area (Å²) in [7, 11) is 0. The Morgan fingerprint density at radius 1 is 1.27 bits per heavy atom. The first kappa shape index (κ1) is 10.2. The topological polar surface area (TPSA) is 52.6 Å². The van der Waals surface area contributed by atoms with Crippen molar-refractivity contribution in [1.29, 1.82) is 0 Å². The molecule has 82 valence electrons. The summed E-state index contributed by atoms with van der Waals surface area (Å²) in [6.07, 6.45) is -0.261. The molecule has 0 aromatic rings. The Morgan fingerprint density at radius 2 is 1.93 bits per heavy atom. The van der Waals surface area contributed by atoms with Gasteiger partial charge in [0.25, 0.3) is 0 Å². The summed E-state index contributed by atoms with van der Waals surface area (Å²) >= 11 is 7.00. The number of ether oxygens (including phenoxy) is 2. The fourth-order valence-electron chi connectivity index (χ4n) is 2.85. The molecule has 6 heteroatoms. The van der Waals surface area contributed by atoms with Gasteiger partial charge < -0.3 is 9.47 Å². The molecule has 0 radical (unpaired) electrons. The van der Waals surface area contributed by atoms with Crippen LogP contribution in [0.25, 0.3) is 0 Å². The Kier molecular flexibility index (Phi) is 1.94. The molecule has 4 nitrogen and oxygen atoms in total. The van der Waals surface area contributed by atoms with Crippen molar-refractivity contribution in [2.24, 2.45) is 11.8 Å². The predicted molar refractivity (Wildman–Crippen MR) is 56.8 cm³/mol. The maximum atomic E-state index is 11.6. The maximum Gasteiger partial charge on any atom is 0.320 e. The van der Waals surface area contributed by atoms with Crippen molar-refractivity contribution < 1.29 is 19.1 Å². The lowest BCUT2D eigenvalue weighted by Crippen LogP contribution is -2.49. The molecule has 6 atom stereocenters. The molecule has 3 rings (SSSR count). The van der Waals surface area contributed by atoms with Crippen LogP contribution in [0.4, 0.5) is 0 Å². The molecule has 3 aliphatic heterocycles. The van der Waals surface area contributed by atoms with E-state index < -0.39 is 29.4 Å². The van der Waals surface area contributed by atoms with Crippen molar-refractivity contribution in [3.63, 3.8) is 0 Å². The molecule has 3 fully saturated rings. The van der Waals surface area contributed by atoms with Crippen molar-refractivity contribution in [2.45, 2.75) is 28.3 Å². The number of hydrogen-bond donors (Lipinski definition) is 0. The van der Waals surface area contributed by atoms with E-state index in [1.807, 2.05) is 6.92 Å². The minimum Gasteiger partial charge on any atom is -0.393 e. The number of halogens is 2. The van der Waals surface area contributed by atoms with Crippen LogP contribution >= 0.6 is 31.9 Å². The minimum atomic E-state index is -0.632. The highest BCUT2D eigenvalue weighted by Crippen LogP contribution is 2.58. The molecule has 3 saturated heterocycles. The van der Waals surface area contributed by atoms with E-state index in [-0.39, 0.29) is 15.8 Å². The van der Waals surface area contributed by atoms with Crippen LogP contribution in [-0.2, 0) is 19.1 Å². The van der Waals surface area contributed by atoms with E-state index in [9.17, 15) is 9.59 Å². The second-order valence-electron chi connectivity index (χ2n) is 4.36. The lowest BCUT2D eigenvalue weighted by atomic mass is 9.74. The standard InChI is InChI=1S/C9H8Br2O4/c1-9-3-2(7(12)14-8(3)13)5(15-9)4(10)6(9)11/h2-6H,1H3. The Morgan fingerprint density at radius 3 is 2.60 bits per heavy atom. The van der Waals surface area contributed by atoms with E-state index in [1.54, 1.807) is 0 Å². The average Bonchev–Trinajstić information content (AvgIpc) is 2.70. The van der Waals surface area contributed by atoms with Crippen molar-refractivity contribution in [3.05, 3.63) is 0 Å². The number of fused-ring (bicyclic) bond motifs is 5. The number of carbonyl (C=O) groups is 2. The number of esters is 2. The van der Waals surface area contributed by atoms with E-state index in [0.29, 0.717) is 0 Å². The highest BCUT2D eigenvalue weighted by atomic mass is 79.9. The molecular weight excluding hydrogens is 332 g/mol. The van der Waals surface area contributed by atoms with Gasteiger partial charge in [0.15, 0.2) is 0 Å². The Balaban J connectivity index is 2.09. The first-order chi connectivity index (χ1) is 6.97. The zero-order chi connectivity index (χ0) is 11.0. The SMILES string of the molecule is CC12OC(C(Br)C1Br)C1C(=O)OC(=O)C12. The van der Waals surface area contributed by atoms with Crippen LogP contribution in [0.2, 0.25) is 0 Å². The van der Waals surface area contributed by atoms with Gasteiger partial charge in [0.05, 0.1) is 21.4 Å². The Labute approximate surface area is 103 Å². The van der Waals surface area contributed by atoms with Crippen LogP contribution in [0, 0.1) is 11.8 Å². The smallest absolute Gasteiger partial charge is 0.320 e. The molecule has 3 heterocycles. The van der Waals surface area contributed by atoms with Crippen LogP contribution in [0.15, 0.2) is 0 Å². The van der Waals surface area contributed by atoms with E-state index >= 15 is 0 Å². The molecule has 0 spiro atoms. The van der Waals surface area contributed by atoms with Crippen LogP contribution in [0.1, 0.15) is 6.92 Å². The molecule has 6 unspecified atom stereocenters.